The summed E-state index contributed by atoms with van der Waals surface area (Å²) in [5.74, 6) is 0.864. The van der Waals surface area contributed by atoms with Gasteiger partial charge in [0.1, 0.15) is 11.4 Å². The van der Waals surface area contributed by atoms with Crippen LogP contribution in [0, 0.1) is 0 Å². The van der Waals surface area contributed by atoms with Gasteiger partial charge < -0.3 is 14.2 Å². The highest BCUT2D eigenvalue weighted by Gasteiger charge is 2.20. The van der Waals surface area contributed by atoms with Crippen LogP contribution in [0.25, 0.3) is 0 Å². The first-order chi connectivity index (χ1) is 11.0. The Bertz CT molecular complexity index is 662. The summed E-state index contributed by atoms with van der Waals surface area (Å²) < 4.78 is 8.10. The molecule has 0 aliphatic carbocycles. The third-order valence-corrected chi connectivity index (χ3v) is 4.23. The summed E-state index contributed by atoms with van der Waals surface area (Å²) in [7, 11) is 1.65. The molecule has 0 saturated heterocycles. The van der Waals surface area contributed by atoms with Gasteiger partial charge in [0.2, 0.25) is 0 Å². The topological polar surface area (TPSA) is 34.5 Å². The summed E-state index contributed by atoms with van der Waals surface area (Å²) in [4.78, 5) is 14.8. The number of rotatable bonds is 6. The molecule has 0 aliphatic rings. The van der Waals surface area contributed by atoms with E-state index in [9.17, 15) is 4.79 Å². The fourth-order valence-electron chi connectivity index (χ4n) is 2.48. The van der Waals surface area contributed by atoms with Crippen LogP contribution in [0.2, 0.25) is 0 Å². The molecule has 4 nitrogen and oxygen atoms in total. The van der Waals surface area contributed by atoms with Crippen molar-refractivity contribution in [3.8, 4) is 5.75 Å². The highest BCUT2D eigenvalue weighted by Crippen LogP contribution is 2.22. The van der Waals surface area contributed by atoms with E-state index in [0.717, 1.165) is 15.8 Å². The molecule has 2 aromatic rings. The Morgan fingerprint density at radius 2 is 1.96 bits per heavy atom. The van der Waals surface area contributed by atoms with Crippen molar-refractivity contribution in [2.24, 2.45) is 0 Å². The maximum Gasteiger partial charge on any atom is 0.270 e. The molecule has 23 heavy (non-hydrogen) atoms. The molecule has 0 aliphatic heterocycles. The minimum absolute atomic E-state index is 0.0442. The van der Waals surface area contributed by atoms with Crippen LogP contribution in [-0.2, 0) is 6.54 Å². The molecular formula is C18H23BrN2O2. The molecule has 1 aromatic carbocycles. The van der Waals surface area contributed by atoms with Gasteiger partial charge in [0.05, 0.1) is 7.11 Å². The van der Waals surface area contributed by atoms with E-state index in [4.69, 9.17) is 4.74 Å². The molecule has 5 heteroatoms. The van der Waals surface area contributed by atoms with E-state index < -0.39 is 0 Å². The van der Waals surface area contributed by atoms with Gasteiger partial charge in [0.15, 0.2) is 0 Å². The fraction of sp³-hybridized carbons (Fsp3) is 0.389. The molecule has 0 unspecified atom stereocenters. The van der Waals surface area contributed by atoms with Gasteiger partial charge in [-0.25, -0.2) is 0 Å². The zero-order chi connectivity index (χ0) is 17.0. The molecule has 0 atom stereocenters. The Kier molecular flexibility index (Phi) is 5.88. The lowest BCUT2D eigenvalue weighted by molar-refractivity contribution is 0.0740. The second-order valence-electron chi connectivity index (χ2n) is 5.71. The Hall–Kier alpha value is -1.75. The van der Waals surface area contributed by atoms with E-state index in [-0.39, 0.29) is 11.9 Å². The van der Waals surface area contributed by atoms with Crippen LogP contribution in [0.3, 0.4) is 0 Å². The quantitative estimate of drug-likeness (QED) is 0.741. The van der Waals surface area contributed by atoms with Gasteiger partial charge in [0, 0.05) is 29.8 Å². The third kappa shape index (κ3) is 4.16. The van der Waals surface area contributed by atoms with Crippen molar-refractivity contribution in [3.05, 3.63) is 52.3 Å². The van der Waals surface area contributed by atoms with Crippen molar-refractivity contribution in [1.29, 1.82) is 0 Å². The average molecular weight is 379 g/mol. The van der Waals surface area contributed by atoms with E-state index >= 15 is 0 Å². The van der Waals surface area contributed by atoms with Crippen molar-refractivity contribution in [1.82, 2.24) is 9.47 Å². The number of benzene rings is 1. The third-order valence-electron chi connectivity index (χ3n) is 3.79. The zero-order valence-electron chi connectivity index (χ0n) is 14.0. The number of ether oxygens (including phenoxy) is 1. The largest absolute Gasteiger partial charge is 0.497 e. The van der Waals surface area contributed by atoms with Crippen LogP contribution < -0.4 is 4.74 Å². The number of methoxy groups -OCH3 is 1. The summed E-state index contributed by atoms with van der Waals surface area (Å²) in [6.45, 7) is 7.39. The molecule has 0 saturated carbocycles. The lowest BCUT2D eigenvalue weighted by atomic mass is 10.2. The molecular weight excluding hydrogens is 356 g/mol. The van der Waals surface area contributed by atoms with Crippen LogP contribution in [-0.4, -0.2) is 29.0 Å². The minimum atomic E-state index is 0.0442. The first-order valence-corrected chi connectivity index (χ1v) is 8.55. The minimum Gasteiger partial charge on any atom is -0.497 e. The van der Waals surface area contributed by atoms with Crippen molar-refractivity contribution < 1.29 is 9.53 Å². The molecule has 124 valence electrons. The van der Waals surface area contributed by atoms with Gasteiger partial charge in [-0.2, -0.15) is 0 Å². The highest BCUT2D eigenvalue weighted by molar-refractivity contribution is 9.10. The molecule has 0 spiro atoms. The smallest absolute Gasteiger partial charge is 0.270 e. The fourth-order valence-corrected chi connectivity index (χ4v) is 2.92. The van der Waals surface area contributed by atoms with Crippen LogP contribution >= 0.6 is 15.9 Å². The van der Waals surface area contributed by atoms with Crippen LogP contribution in [0.15, 0.2) is 41.0 Å². The number of hydrogen-bond acceptors (Lipinski definition) is 2. The van der Waals surface area contributed by atoms with Crippen molar-refractivity contribution in [2.75, 3.05) is 13.7 Å². The summed E-state index contributed by atoms with van der Waals surface area (Å²) in [6.07, 6.45) is 1.96. The van der Waals surface area contributed by atoms with E-state index in [1.807, 2.05) is 52.9 Å². The molecule has 0 fully saturated rings. The Morgan fingerprint density at radius 1 is 1.30 bits per heavy atom. The van der Waals surface area contributed by atoms with E-state index in [1.165, 1.54) is 0 Å². The molecule has 1 aromatic heterocycles. The lowest BCUT2D eigenvalue weighted by Crippen LogP contribution is -2.32. The summed E-state index contributed by atoms with van der Waals surface area (Å²) in [5.41, 5.74) is 1.80. The number of carbonyl (C=O) groups is 1. The van der Waals surface area contributed by atoms with Crippen LogP contribution in [0.1, 0.15) is 42.9 Å². The zero-order valence-corrected chi connectivity index (χ0v) is 15.6. The van der Waals surface area contributed by atoms with Crippen molar-refractivity contribution in [2.45, 2.75) is 33.4 Å². The van der Waals surface area contributed by atoms with Gasteiger partial charge in [-0.15, -0.1) is 0 Å². The second-order valence-corrected chi connectivity index (χ2v) is 6.63. The molecule has 0 bridgehead atoms. The number of halogens is 1. The maximum atomic E-state index is 12.9. The van der Waals surface area contributed by atoms with Gasteiger partial charge in [-0.1, -0.05) is 12.1 Å². The van der Waals surface area contributed by atoms with Crippen molar-refractivity contribution >= 4 is 21.8 Å². The van der Waals surface area contributed by atoms with Crippen LogP contribution in [0.4, 0.5) is 0 Å². The van der Waals surface area contributed by atoms with Gasteiger partial charge in [-0.05, 0) is 60.5 Å². The molecule has 2 rings (SSSR count). The SMILES string of the molecule is CCN(Cc1ccc(OC)cc1)C(=O)c1cc(Br)cn1C(C)C. The first kappa shape index (κ1) is 17.6. The van der Waals surface area contributed by atoms with Gasteiger partial charge >= 0.3 is 0 Å². The summed E-state index contributed by atoms with van der Waals surface area (Å²) in [5, 5.41) is 0. The predicted molar refractivity (Wildman–Crippen MR) is 95.9 cm³/mol. The number of amides is 1. The van der Waals surface area contributed by atoms with E-state index in [2.05, 4.69) is 29.8 Å². The van der Waals surface area contributed by atoms with Gasteiger partial charge in [-0.3, -0.25) is 4.79 Å². The standard InChI is InChI=1S/C18H23BrN2O2/c1-5-20(11-14-6-8-16(23-4)9-7-14)18(22)17-10-15(19)12-21(17)13(2)3/h6-10,12-13H,5,11H2,1-4H3. The number of aromatic nitrogens is 1. The number of hydrogen-bond donors (Lipinski definition) is 0. The Labute approximate surface area is 146 Å². The second kappa shape index (κ2) is 7.68. The number of nitrogens with zero attached hydrogens (tertiary/aromatic N) is 2. The lowest BCUT2D eigenvalue weighted by Gasteiger charge is -2.23. The van der Waals surface area contributed by atoms with Crippen LogP contribution in [0.5, 0.6) is 5.75 Å². The molecule has 0 N–H and O–H groups in total. The monoisotopic (exact) mass is 378 g/mol. The molecule has 1 heterocycles. The highest BCUT2D eigenvalue weighted by atomic mass is 79.9. The molecule has 0 radical (unpaired) electrons. The maximum absolute atomic E-state index is 12.9. The summed E-state index contributed by atoms with van der Waals surface area (Å²) in [6, 6.07) is 9.94. The number of carbonyl (C=O) groups excluding carboxylic acids is 1. The van der Waals surface area contributed by atoms with E-state index in [1.54, 1.807) is 7.11 Å². The predicted octanol–water partition coefficient (Wildman–Crippen LogP) is 4.50. The Balaban J connectivity index is 2.21. The first-order valence-electron chi connectivity index (χ1n) is 7.75. The van der Waals surface area contributed by atoms with Gasteiger partial charge in [0.25, 0.3) is 5.91 Å². The summed E-state index contributed by atoms with van der Waals surface area (Å²) >= 11 is 3.47. The van der Waals surface area contributed by atoms with Crippen molar-refractivity contribution in [3.63, 3.8) is 0 Å². The molecule has 1 amide bonds. The normalized spacial score (nSPS) is 10.9. The van der Waals surface area contributed by atoms with E-state index in [0.29, 0.717) is 18.8 Å². The average Bonchev–Trinajstić information content (AvgIpc) is 2.94. The Morgan fingerprint density at radius 3 is 2.48 bits per heavy atom.